The largest absolute Gasteiger partial charge is 0.342 e. The number of thiazole rings is 1. The van der Waals surface area contributed by atoms with Gasteiger partial charge in [-0.05, 0) is 29.8 Å². The molecule has 1 N–H and O–H groups in total. The average Bonchev–Trinajstić information content (AvgIpc) is 3.37. The highest BCUT2D eigenvalue weighted by molar-refractivity contribution is 7.13. The van der Waals surface area contributed by atoms with Crippen molar-refractivity contribution >= 4 is 17.2 Å². The van der Waals surface area contributed by atoms with Gasteiger partial charge in [-0.15, -0.1) is 11.3 Å². The number of carbonyl (C=O) groups excluding carboxylic acids is 1. The molecule has 0 aliphatic carbocycles. The third-order valence-corrected chi connectivity index (χ3v) is 5.37. The lowest BCUT2D eigenvalue weighted by molar-refractivity contribution is -0.121. The monoisotopic (exact) mass is 407 g/mol. The molecule has 0 saturated heterocycles. The minimum Gasteiger partial charge on any atom is -0.342 e. The minimum atomic E-state index is -0.487. The summed E-state index contributed by atoms with van der Waals surface area (Å²) in [5.41, 5.74) is 2.36. The van der Waals surface area contributed by atoms with Crippen molar-refractivity contribution in [3.63, 3.8) is 0 Å². The zero-order chi connectivity index (χ0) is 20.2. The van der Waals surface area contributed by atoms with Crippen LogP contribution < -0.4 is 5.32 Å². The molecule has 6 nitrogen and oxygen atoms in total. The second kappa shape index (κ2) is 8.32. The number of hydrogen-bond acceptors (Lipinski definition) is 5. The molecule has 3 heterocycles. The van der Waals surface area contributed by atoms with E-state index >= 15 is 0 Å². The van der Waals surface area contributed by atoms with E-state index in [9.17, 15) is 9.18 Å². The van der Waals surface area contributed by atoms with Crippen LogP contribution in [0.15, 0.2) is 66.6 Å². The van der Waals surface area contributed by atoms with Gasteiger partial charge >= 0.3 is 0 Å². The van der Waals surface area contributed by atoms with Crippen LogP contribution in [0, 0.1) is 5.82 Å². The number of carbonyl (C=O) groups is 1. The Hall–Kier alpha value is -3.39. The van der Waals surface area contributed by atoms with Gasteiger partial charge in [-0.2, -0.15) is 0 Å². The standard InChI is InChI=1S/C21H18FN5OS/c1-27-10-9-24-20(27)19(14-4-6-16(22)7-5-14)26-18(28)11-17-13-29-21(25-17)15-3-2-8-23-12-15/h2-10,12-13,19H,11H2,1H3,(H,26,28). The SMILES string of the molecule is Cn1ccnc1C(NC(=O)Cc1csc(-c2cccnc2)n1)c1ccc(F)cc1. The summed E-state index contributed by atoms with van der Waals surface area (Å²) < 4.78 is 15.2. The molecule has 0 aliphatic heterocycles. The molecular weight excluding hydrogens is 389 g/mol. The highest BCUT2D eigenvalue weighted by Crippen LogP contribution is 2.24. The summed E-state index contributed by atoms with van der Waals surface area (Å²) in [4.78, 5) is 25.7. The van der Waals surface area contributed by atoms with Crippen molar-refractivity contribution < 1.29 is 9.18 Å². The lowest BCUT2D eigenvalue weighted by Crippen LogP contribution is -2.32. The Balaban J connectivity index is 1.52. The van der Waals surface area contributed by atoms with Crippen LogP contribution in [-0.2, 0) is 18.3 Å². The highest BCUT2D eigenvalue weighted by Gasteiger charge is 2.21. The number of pyridine rings is 1. The summed E-state index contributed by atoms with van der Waals surface area (Å²) in [5, 5.41) is 5.69. The van der Waals surface area contributed by atoms with Crippen molar-refractivity contribution in [3.05, 3.63) is 89.5 Å². The van der Waals surface area contributed by atoms with E-state index in [4.69, 9.17) is 0 Å². The number of nitrogens with one attached hydrogen (secondary N) is 1. The number of imidazole rings is 1. The molecular formula is C21H18FN5OS. The van der Waals surface area contributed by atoms with Crippen molar-refractivity contribution in [2.24, 2.45) is 7.05 Å². The van der Waals surface area contributed by atoms with Crippen LogP contribution in [0.25, 0.3) is 10.6 Å². The second-order valence-corrected chi connectivity index (χ2v) is 7.37. The molecule has 4 aromatic rings. The maximum atomic E-state index is 13.3. The number of hydrogen-bond donors (Lipinski definition) is 1. The van der Waals surface area contributed by atoms with Gasteiger partial charge in [-0.3, -0.25) is 9.78 Å². The normalized spacial score (nSPS) is 11.9. The van der Waals surface area contributed by atoms with Gasteiger partial charge < -0.3 is 9.88 Å². The van der Waals surface area contributed by atoms with Crippen LogP contribution in [0.3, 0.4) is 0 Å². The fourth-order valence-electron chi connectivity index (χ4n) is 2.99. The Morgan fingerprint density at radius 2 is 2.07 bits per heavy atom. The summed E-state index contributed by atoms with van der Waals surface area (Å²) >= 11 is 1.47. The molecule has 8 heteroatoms. The summed E-state index contributed by atoms with van der Waals surface area (Å²) in [5.74, 6) is 0.147. The topological polar surface area (TPSA) is 72.7 Å². The van der Waals surface area contributed by atoms with Gasteiger partial charge in [0.2, 0.25) is 5.91 Å². The van der Waals surface area contributed by atoms with Gasteiger partial charge in [0.15, 0.2) is 0 Å². The summed E-state index contributed by atoms with van der Waals surface area (Å²) in [6, 6.07) is 9.34. The first kappa shape index (κ1) is 18.9. The maximum Gasteiger partial charge on any atom is 0.226 e. The molecule has 0 saturated carbocycles. The summed E-state index contributed by atoms with van der Waals surface area (Å²) in [7, 11) is 1.85. The Morgan fingerprint density at radius 3 is 2.76 bits per heavy atom. The van der Waals surface area contributed by atoms with E-state index in [2.05, 4.69) is 20.3 Å². The first-order chi connectivity index (χ1) is 14.1. The molecule has 0 aliphatic rings. The zero-order valence-corrected chi connectivity index (χ0v) is 16.4. The number of amides is 1. The lowest BCUT2D eigenvalue weighted by Gasteiger charge is -2.19. The van der Waals surface area contributed by atoms with Crippen LogP contribution in [0.5, 0.6) is 0 Å². The molecule has 1 amide bonds. The Bertz CT molecular complexity index is 1110. The van der Waals surface area contributed by atoms with Crippen LogP contribution >= 0.6 is 11.3 Å². The molecule has 146 valence electrons. The Morgan fingerprint density at radius 1 is 1.24 bits per heavy atom. The molecule has 4 rings (SSSR count). The second-order valence-electron chi connectivity index (χ2n) is 6.51. The molecule has 0 spiro atoms. The molecule has 0 fully saturated rings. The van der Waals surface area contributed by atoms with Gasteiger partial charge in [0, 0.05) is 42.8 Å². The molecule has 29 heavy (non-hydrogen) atoms. The first-order valence-electron chi connectivity index (χ1n) is 8.97. The smallest absolute Gasteiger partial charge is 0.226 e. The lowest BCUT2D eigenvalue weighted by atomic mass is 10.1. The van der Waals surface area contributed by atoms with Gasteiger partial charge in [0.25, 0.3) is 0 Å². The molecule has 0 bridgehead atoms. The number of aromatic nitrogens is 4. The van der Waals surface area contributed by atoms with E-state index < -0.39 is 6.04 Å². The quantitative estimate of drug-likeness (QED) is 0.531. The average molecular weight is 407 g/mol. The maximum absolute atomic E-state index is 13.3. The fraction of sp³-hybridized carbons (Fsp3) is 0.143. The molecule has 0 radical (unpaired) electrons. The number of halogens is 1. The minimum absolute atomic E-state index is 0.138. The number of nitrogens with zero attached hydrogens (tertiary/aromatic N) is 4. The summed E-state index contributed by atoms with van der Waals surface area (Å²) in [6.07, 6.45) is 7.06. The van der Waals surface area contributed by atoms with Crippen LogP contribution in [0.2, 0.25) is 0 Å². The zero-order valence-electron chi connectivity index (χ0n) is 15.6. The first-order valence-corrected chi connectivity index (χ1v) is 9.85. The van der Waals surface area contributed by atoms with E-state index in [0.717, 1.165) is 16.1 Å². The van der Waals surface area contributed by atoms with Crippen molar-refractivity contribution in [3.8, 4) is 10.6 Å². The molecule has 1 aromatic carbocycles. The fourth-order valence-corrected chi connectivity index (χ4v) is 3.80. The Labute approximate surface area is 171 Å². The van der Waals surface area contributed by atoms with E-state index in [0.29, 0.717) is 11.5 Å². The van der Waals surface area contributed by atoms with Crippen molar-refractivity contribution in [1.82, 2.24) is 24.8 Å². The third kappa shape index (κ3) is 4.38. The van der Waals surface area contributed by atoms with E-state index in [1.165, 1.54) is 23.5 Å². The van der Waals surface area contributed by atoms with E-state index in [-0.39, 0.29) is 18.1 Å². The Kier molecular flexibility index (Phi) is 5.44. The van der Waals surface area contributed by atoms with E-state index in [1.807, 2.05) is 29.1 Å². The highest BCUT2D eigenvalue weighted by atomic mass is 32.1. The van der Waals surface area contributed by atoms with Gasteiger partial charge in [0.05, 0.1) is 12.1 Å². The van der Waals surface area contributed by atoms with Crippen molar-refractivity contribution in [2.75, 3.05) is 0 Å². The number of rotatable bonds is 6. The van der Waals surface area contributed by atoms with Crippen LogP contribution in [-0.4, -0.2) is 25.4 Å². The summed E-state index contributed by atoms with van der Waals surface area (Å²) in [6.45, 7) is 0. The number of aryl methyl sites for hydroxylation is 1. The molecule has 3 aromatic heterocycles. The third-order valence-electron chi connectivity index (χ3n) is 4.43. The molecule has 1 atom stereocenters. The van der Waals surface area contributed by atoms with Crippen LogP contribution in [0.1, 0.15) is 23.1 Å². The van der Waals surface area contributed by atoms with Gasteiger partial charge in [0.1, 0.15) is 22.7 Å². The van der Waals surface area contributed by atoms with Crippen LogP contribution in [0.4, 0.5) is 4.39 Å². The predicted molar refractivity (Wildman–Crippen MR) is 109 cm³/mol. The van der Waals surface area contributed by atoms with E-state index in [1.54, 1.807) is 36.9 Å². The predicted octanol–water partition coefficient (Wildman–Crippen LogP) is 3.53. The van der Waals surface area contributed by atoms with Crippen molar-refractivity contribution in [1.29, 1.82) is 0 Å². The van der Waals surface area contributed by atoms with Crippen molar-refractivity contribution in [2.45, 2.75) is 12.5 Å². The van der Waals surface area contributed by atoms with Gasteiger partial charge in [-0.25, -0.2) is 14.4 Å². The van der Waals surface area contributed by atoms with Gasteiger partial charge in [-0.1, -0.05) is 12.1 Å². The number of benzene rings is 1. The molecule has 1 unspecified atom stereocenters.